The molecule has 0 radical (unpaired) electrons. The Morgan fingerprint density at radius 1 is 0.323 bits per heavy atom. The Kier molecular flexibility index (Phi) is 5.49. The molecule has 0 unspecified atom stereocenters. The maximum absolute atomic E-state index is 15.0. The van der Waals surface area contributed by atoms with E-state index in [1.807, 2.05) is 130 Å². The van der Waals surface area contributed by atoms with E-state index in [1.54, 1.807) is 33.3 Å². The summed E-state index contributed by atoms with van der Waals surface area (Å²) < 4.78 is 23.0. The summed E-state index contributed by atoms with van der Waals surface area (Å²) in [5.74, 6) is 0. The minimum absolute atomic E-state index is 0.322. The Bertz CT molecular complexity index is 4490. The van der Waals surface area contributed by atoms with Gasteiger partial charge in [0.15, 0.2) is 22.5 Å². The first-order chi connectivity index (χ1) is 30.5. The van der Waals surface area contributed by atoms with E-state index in [1.165, 1.54) is 9.03 Å². The van der Waals surface area contributed by atoms with Crippen LogP contribution >= 0.6 is 0 Å². The molecule has 290 valence electrons. The van der Waals surface area contributed by atoms with E-state index in [0.717, 1.165) is 21.5 Å². The maximum atomic E-state index is 15.0. The van der Waals surface area contributed by atoms with E-state index < -0.39 is 22.2 Å². The number of benzene rings is 7. The van der Waals surface area contributed by atoms with Crippen molar-refractivity contribution in [3.8, 4) is 11.4 Å². The van der Waals surface area contributed by atoms with Crippen LogP contribution in [-0.4, -0.2) is 27.2 Å². The average Bonchev–Trinajstić information content (AvgIpc) is 4.18. The molecule has 8 heterocycles. The first-order valence-electron chi connectivity index (χ1n) is 20.1. The van der Waals surface area contributed by atoms with Crippen molar-refractivity contribution in [1.82, 2.24) is 27.2 Å². The Morgan fingerprint density at radius 3 is 1.16 bits per heavy atom. The lowest BCUT2D eigenvalue weighted by Crippen LogP contribution is -2.22. The van der Waals surface area contributed by atoms with E-state index in [4.69, 9.17) is 8.83 Å². The van der Waals surface area contributed by atoms with Crippen molar-refractivity contribution >= 4 is 110 Å². The largest absolute Gasteiger partial charge is 0.454 e. The van der Waals surface area contributed by atoms with Crippen molar-refractivity contribution in [2.75, 3.05) is 0 Å². The monoisotopic (exact) mass is 804 g/mol. The molecular weight excluding hydrogens is 781 g/mol. The molecule has 12 heteroatoms. The number of hydrogen-bond acceptors (Lipinski definition) is 6. The second-order valence-corrected chi connectivity index (χ2v) is 16.0. The highest BCUT2D eigenvalue weighted by atomic mass is 16.3. The van der Waals surface area contributed by atoms with Gasteiger partial charge in [-0.3, -0.25) is 28.3 Å². The minimum atomic E-state index is -0.479. The Morgan fingerprint density at radius 2 is 0.710 bits per heavy atom. The fraction of sp³-hybridized carbons (Fsp3) is 0. The molecule has 15 rings (SSSR count). The fourth-order valence-electron chi connectivity index (χ4n) is 10.5. The first-order valence-corrected chi connectivity index (χ1v) is 20.1. The quantitative estimate of drug-likeness (QED) is 0.172. The molecule has 0 fully saturated rings. The van der Waals surface area contributed by atoms with Crippen LogP contribution in [0.25, 0.3) is 121 Å². The van der Waals surface area contributed by atoms with Gasteiger partial charge in [-0.25, -0.2) is 9.03 Å². The zero-order valence-corrected chi connectivity index (χ0v) is 32.0. The summed E-state index contributed by atoms with van der Waals surface area (Å²) in [6, 6.07) is 45.6. The van der Waals surface area contributed by atoms with Crippen molar-refractivity contribution in [3.05, 3.63) is 187 Å². The van der Waals surface area contributed by atoms with Crippen LogP contribution in [-0.2, 0) is 0 Å². The Hall–Kier alpha value is -8.90. The molecule has 0 aliphatic rings. The summed E-state index contributed by atoms with van der Waals surface area (Å²) in [6.45, 7) is 0. The number of para-hydroxylation sites is 6. The van der Waals surface area contributed by atoms with Crippen LogP contribution in [0.5, 0.6) is 0 Å². The molecule has 0 spiro atoms. The van der Waals surface area contributed by atoms with Gasteiger partial charge in [0.1, 0.15) is 11.2 Å². The maximum Gasteiger partial charge on any atom is 0.284 e. The molecule has 8 aromatic heterocycles. The Labute approximate surface area is 342 Å². The molecule has 0 atom stereocenters. The molecule has 7 aromatic carbocycles. The third-order valence-corrected chi connectivity index (χ3v) is 13.0. The van der Waals surface area contributed by atoms with E-state index in [-0.39, 0.29) is 0 Å². The van der Waals surface area contributed by atoms with Crippen molar-refractivity contribution in [3.63, 3.8) is 0 Å². The van der Waals surface area contributed by atoms with E-state index in [0.29, 0.717) is 99.4 Å². The summed E-state index contributed by atoms with van der Waals surface area (Å²) in [4.78, 5) is 58.3. The molecule has 0 saturated carbocycles. The molecule has 62 heavy (non-hydrogen) atoms. The fourth-order valence-corrected chi connectivity index (χ4v) is 10.5. The van der Waals surface area contributed by atoms with Crippen molar-refractivity contribution < 1.29 is 8.83 Å². The minimum Gasteiger partial charge on any atom is -0.454 e. The van der Waals surface area contributed by atoms with Gasteiger partial charge in [0.2, 0.25) is 0 Å². The van der Waals surface area contributed by atoms with Gasteiger partial charge < -0.3 is 8.83 Å². The summed E-state index contributed by atoms with van der Waals surface area (Å²) in [7, 11) is 0. The molecule has 15 aromatic rings. The van der Waals surface area contributed by atoms with Gasteiger partial charge in [-0.2, -0.15) is 9.03 Å². The van der Waals surface area contributed by atoms with Gasteiger partial charge in [-0.15, -0.1) is 0 Å². The lowest BCUT2D eigenvalue weighted by molar-refractivity contribution is 0.665. The molecule has 0 bridgehead atoms. The number of aromatic nitrogens is 6. The average molecular weight is 805 g/mol. The predicted octanol–water partition coefficient (Wildman–Crippen LogP) is 9.01. The summed E-state index contributed by atoms with van der Waals surface area (Å²) in [5.41, 5.74) is 5.30. The summed E-state index contributed by atoms with van der Waals surface area (Å²) in [5, 5.41) is 6.18. The summed E-state index contributed by atoms with van der Waals surface area (Å²) >= 11 is 0. The van der Waals surface area contributed by atoms with Crippen molar-refractivity contribution in [1.29, 1.82) is 0 Å². The normalized spacial score (nSPS) is 12.8. The molecular formula is C50H24N6O6. The highest BCUT2D eigenvalue weighted by Gasteiger charge is 2.31. The highest BCUT2D eigenvalue weighted by molar-refractivity contribution is 6.20. The number of rotatable bonds is 2. The van der Waals surface area contributed by atoms with E-state index in [9.17, 15) is 19.2 Å². The molecule has 12 nitrogen and oxygen atoms in total. The number of nitrogens with zero attached hydrogens (tertiary/aromatic N) is 6. The zero-order chi connectivity index (χ0) is 40.9. The molecule has 0 amide bonds. The first kappa shape index (κ1) is 32.0. The third kappa shape index (κ3) is 3.51. The van der Waals surface area contributed by atoms with E-state index >= 15 is 0 Å². The van der Waals surface area contributed by atoms with Gasteiger partial charge >= 0.3 is 0 Å². The summed E-state index contributed by atoms with van der Waals surface area (Å²) in [6.07, 6.45) is 0. The van der Waals surface area contributed by atoms with Crippen LogP contribution in [0.4, 0.5) is 0 Å². The lowest BCUT2D eigenvalue weighted by atomic mass is 10.1. The zero-order valence-electron chi connectivity index (χ0n) is 32.0. The van der Waals surface area contributed by atoms with Crippen LogP contribution < -0.4 is 22.2 Å². The second-order valence-electron chi connectivity index (χ2n) is 16.0. The number of furan rings is 2. The topological polar surface area (TPSA) is 122 Å². The van der Waals surface area contributed by atoms with Gasteiger partial charge in [-0.05, 0) is 60.7 Å². The number of hydrogen-bond donors (Lipinski definition) is 0. The SMILES string of the molecule is O=c1c2ccccc2n2c3c(c(=O)n12)c1cc2c(cc1n3-c1cccc3c1oc1ccccc13)c1c(=O)n3c(=O)c4ccccc4n3c1n2-c1cccc2c1oc1ccccc12. The molecule has 0 N–H and O–H groups in total. The van der Waals surface area contributed by atoms with Crippen molar-refractivity contribution in [2.24, 2.45) is 0 Å². The Balaban J connectivity index is 1.21. The molecule has 0 saturated heterocycles. The van der Waals surface area contributed by atoms with E-state index in [2.05, 4.69) is 0 Å². The smallest absolute Gasteiger partial charge is 0.284 e. The second kappa shape index (κ2) is 10.6. The van der Waals surface area contributed by atoms with Crippen LogP contribution in [0.1, 0.15) is 0 Å². The van der Waals surface area contributed by atoms with Gasteiger partial charge in [0.25, 0.3) is 22.2 Å². The van der Waals surface area contributed by atoms with Crippen LogP contribution in [0.15, 0.2) is 174 Å². The van der Waals surface area contributed by atoms with Crippen molar-refractivity contribution in [2.45, 2.75) is 0 Å². The number of fused-ring (bicyclic) bond motifs is 20. The van der Waals surface area contributed by atoms with Gasteiger partial charge in [0, 0.05) is 32.3 Å². The highest BCUT2D eigenvalue weighted by Crippen LogP contribution is 2.43. The van der Waals surface area contributed by atoms with Crippen LogP contribution in [0.3, 0.4) is 0 Å². The molecule has 0 aliphatic carbocycles. The van der Waals surface area contributed by atoms with Crippen LogP contribution in [0.2, 0.25) is 0 Å². The van der Waals surface area contributed by atoms with Gasteiger partial charge in [-0.1, -0.05) is 84.9 Å². The van der Waals surface area contributed by atoms with Crippen LogP contribution in [0, 0.1) is 0 Å². The third-order valence-electron chi connectivity index (χ3n) is 13.0. The predicted molar refractivity (Wildman–Crippen MR) is 241 cm³/mol. The van der Waals surface area contributed by atoms with Gasteiger partial charge in [0.05, 0.1) is 55.0 Å². The standard InChI is InChI=1S/C50H24N6O6/c57-47-29-13-1-5-17-33(29)53-45-41(49(59)55(47)53)31-23-38-32(24-37(31)51(45)35-19-9-15-27-25-11-3-7-21-39(25)61-43(27)35)42-46(54-34-18-6-2-14-30(34)48(58)56(54)50(42)60)52(38)36-20-10-16-28-26-12-4-8-22-40(26)62-44(28)36/h1-24H. The molecule has 0 aliphatic heterocycles. The lowest BCUT2D eigenvalue weighted by Gasteiger charge is -2.11.